The van der Waals surface area contributed by atoms with Gasteiger partial charge in [-0.1, -0.05) is 35.3 Å². The number of hydrogen-bond donors (Lipinski definition) is 0. The monoisotopic (exact) mass is 296 g/mol. The predicted octanol–water partition coefficient (Wildman–Crippen LogP) is 4.87. The maximum atomic E-state index is 13.2. The first-order valence-electron chi connectivity index (χ1n) is 5.71. The van der Waals surface area contributed by atoms with Gasteiger partial charge in [0.25, 0.3) is 0 Å². The molecule has 0 saturated carbocycles. The summed E-state index contributed by atoms with van der Waals surface area (Å²) >= 11 is 11.9. The van der Waals surface area contributed by atoms with Crippen LogP contribution in [0.2, 0.25) is 10.0 Å². The van der Waals surface area contributed by atoms with E-state index in [1.54, 1.807) is 25.1 Å². The molecule has 0 amide bonds. The molecule has 0 fully saturated rings. The van der Waals surface area contributed by atoms with Crippen molar-refractivity contribution in [2.45, 2.75) is 13.3 Å². The maximum Gasteiger partial charge on any atom is 0.167 e. The molecule has 0 bridgehead atoms. The van der Waals surface area contributed by atoms with Crippen LogP contribution in [0.25, 0.3) is 0 Å². The van der Waals surface area contributed by atoms with Crippen molar-refractivity contribution in [1.29, 1.82) is 0 Å². The Kier molecular flexibility index (Phi) is 4.23. The number of ketones is 1. The summed E-state index contributed by atoms with van der Waals surface area (Å²) in [6.07, 6.45) is 0.0533. The van der Waals surface area contributed by atoms with Gasteiger partial charge in [0.05, 0.1) is 0 Å². The van der Waals surface area contributed by atoms with E-state index in [-0.39, 0.29) is 12.2 Å². The Morgan fingerprint density at radius 3 is 2.63 bits per heavy atom. The van der Waals surface area contributed by atoms with Gasteiger partial charge in [-0.05, 0) is 42.3 Å². The van der Waals surface area contributed by atoms with Crippen molar-refractivity contribution in [3.63, 3.8) is 0 Å². The van der Waals surface area contributed by atoms with Crippen LogP contribution in [-0.4, -0.2) is 5.78 Å². The molecule has 0 atom stereocenters. The largest absolute Gasteiger partial charge is 0.294 e. The molecule has 0 unspecified atom stereocenters. The van der Waals surface area contributed by atoms with Crippen LogP contribution in [0.15, 0.2) is 36.4 Å². The van der Waals surface area contributed by atoms with Gasteiger partial charge in [-0.3, -0.25) is 4.79 Å². The molecule has 0 saturated heterocycles. The van der Waals surface area contributed by atoms with Crippen LogP contribution in [0.4, 0.5) is 4.39 Å². The predicted molar refractivity (Wildman–Crippen MR) is 75.6 cm³/mol. The second kappa shape index (κ2) is 5.72. The topological polar surface area (TPSA) is 17.1 Å². The number of Topliss-reactive ketones (excluding diaryl/α,β-unsaturated/α-hetero) is 1. The molecule has 2 aromatic carbocycles. The zero-order valence-corrected chi connectivity index (χ0v) is 11.7. The van der Waals surface area contributed by atoms with Gasteiger partial charge >= 0.3 is 0 Å². The normalized spacial score (nSPS) is 10.5. The number of rotatable bonds is 3. The highest BCUT2D eigenvalue weighted by molar-refractivity contribution is 6.32. The van der Waals surface area contributed by atoms with Gasteiger partial charge < -0.3 is 0 Å². The average molecular weight is 297 g/mol. The molecule has 19 heavy (non-hydrogen) atoms. The molecule has 0 aromatic heterocycles. The Labute approximate surface area is 121 Å². The molecule has 0 aliphatic carbocycles. The molecule has 0 N–H and O–H groups in total. The van der Waals surface area contributed by atoms with E-state index in [0.29, 0.717) is 21.2 Å². The standard InChI is InChI=1S/C15H11Cl2FO/c1-9-12(3-2-4-13(9)16)15(19)8-10-7-11(18)5-6-14(10)17/h2-7H,8H2,1H3. The smallest absolute Gasteiger partial charge is 0.167 e. The summed E-state index contributed by atoms with van der Waals surface area (Å²) in [6, 6.07) is 9.14. The van der Waals surface area contributed by atoms with Crippen molar-refractivity contribution in [2.75, 3.05) is 0 Å². The third-order valence-electron chi connectivity index (χ3n) is 2.93. The van der Waals surface area contributed by atoms with E-state index in [1.807, 2.05) is 0 Å². The van der Waals surface area contributed by atoms with Crippen molar-refractivity contribution >= 4 is 29.0 Å². The molecule has 0 aliphatic rings. The van der Waals surface area contributed by atoms with Crippen LogP contribution >= 0.6 is 23.2 Å². The second-order valence-corrected chi connectivity index (χ2v) is 5.06. The minimum absolute atomic E-state index is 0.0533. The van der Waals surface area contributed by atoms with E-state index < -0.39 is 5.82 Å². The van der Waals surface area contributed by atoms with E-state index in [1.165, 1.54) is 18.2 Å². The van der Waals surface area contributed by atoms with Crippen molar-refractivity contribution in [1.82, 2.24) is 0 Å². The van der Waals surface area contributed by atoms with Crippen molar-refractivity contribution in [3.8, 4) is 0 Å². The van der Waals surface area contributed by atoms with Gasteiger partial charge in [-0.15, -0.1) is 0 Å². The van der Waals surface area contributed by atoms with Gasteiger partial charge in [0.1, 0.15) is 5.82 Å². The molecule has 0 heterocycles. The molecule has 2 rings (SSSR count). The summed E-state index contributed by atoms with van der Waals surface area (Å²) in [5.41, 5.74) is 1.74. The number of benzene rings is 2. The molecule has 0 aliphatic heterocycles. The van der Waals surface area contributed by atoms with Crippen LogP contribution in [0, 0.1) is 12.7 Å². The molecule has 4 heteroatoms. The highest BCUT2D eigenvalue weighted by Gasteiger charge is 2.13. The van der Waals surface area contributed by atoms with Crippen LogP contribution in [0.1, 0.15) is 21.5 Å². The number of hydrogen-bond acceptors (Lipinski definition) is 1. The van der Waals surface area contributed by atoms with E-state index in [2.05, 4.69) is 0 Å². The third kappa shape index (κ3) is 3.14. The van der Waals surface area contributed by atoms with Gasteiger partial charge in [-0.25, -0.2) is 4.39 Å². The molecule has 2 aromatic rings. The van der Waals surface area contributed by atoms with E-state index in [4.69, 9.17) is 23.2 Å². The van der Waals surface area contributed by atoms with Gasteiger partial charge in [0.15, 0.2) is 5.78 Å². The first kappa shape index (κ1) is 14.0. The maximum absolute atomic E-state index is 13.2. The summed E-state index contributed by atoms with van der Waals surface area (Å²) < 4.78 is 13.2. The van der Waals surface area contributed by atoms with Crippen LogP contribution in [-0.2, 0) is 6.42 Å². The van der Waals surface area contributed by atoms with Crippen LogP contribution in [0.3, 0.4) is 0 Å². The zero-order valence-electron chi connectivity index (χ0n) is 10.2. The highest BCUT2D eigenvalue weighted by atomic mass is 35.5. The van der Waals surface area contributed by atoms with Gasteiger partial charge in [0, 0.05) is 22.0 Å². The Morgan fingerprint density at radius 2 is 1.89 bits per heavy atom. The van der Waals surface area contributed by atoms with Crippen LogP contribution < -0.4 is 0 Å². The van der Waals surface area contributed by atoms with E-state index in [9.17, 15) is 9.18 Å². The molecule has 0 spiro atoms. The quantitative estimate of drug-likeness (QED) is 0.739. The Hall–Kier alpha value is -1.38. The van der Waals surface area contributed by atoms with Crippen LogP contribution in [0.5, 0.6) is 0 Å². The molecule has 1 nitrogen and oxygen atoms in total. The third-order valence-corrected chi connectivity index (χ3v) is 3.71. The Morgan fingerprint density at radius 1 is 1.16 bits per heavy atom. The SMILES string of the molecule is Cc1c(Cl)cccc1C(=O)Cc1cc(F)ccc1Cl. The first-order chi connectivity index (χ1) is 8.99. The highest BCUT2D eigenvalue weighted by Crippen LogP contribution is 2.23. The number of carbonyl (C=O) groups is 1. The summed E-state index contributed by atoms with van der Waals surface area (Å²) in [7, 11) is 0. The van der Waals surface area contributed by atoms with E-state index >= 15 is 0 Å². The van der Waals surface area contributed by atoms with Crippen molar-refractivity contribution in [2.24, 2.45) is 0 Å². The average Bonchev–Trinajstić information content (AvgIpc) is 2.37. The fraction of sp³-hybridized carbons (Fsp3) is 0.133. The summed E-state index contributed by atoms with van der Waals surface area (Å²) in [5, 5.41) is 0.922. The lowest BCUT2D eigenvalue weighted by molar-refractivity contribution is 0.0992. The lowest BCUT2D eigenvalue weighted by Crippen LogP contribution is -2.06. The van der Waals surface area contributed by atoms with E-state index in [0.717, 1.165) is 5.56 Å². The molecule has 0 radical (unpaired) electrons. The molecular formula is C15H11Cl2FO. The van der Waals surface area contributed by atoms with Crippen molar-refractivity contribution in [3.05, 3.63) is 69.0 Å². The van der Waals surface area contributed by atoms with Gasteiger partial charge in [0.2, 0.25) is 0 Å². The molecule has 98 valence electrons. The fourth-order valence-electron chi connectivity index (χ4n) is 1.86. The lowest BCUT2D eigenvalue weighted by atomic mass is 9.99. The second-order valence-electron chi connectivity index (χ2n) is 4.25. The lowest BCUT2D eigenvalue weighted by Gasteiger charge is -2.08. The Balaban J connectivity index is 2.31. The van der Waals surface area contributed by atoms with Gasteiger partial charge in [-0.2, -0.15) is 0 Å². The summed E-state index contributed by atoms with van der Waals surface area (Å²) in [5.74, 6) is -0.539. The minimum atomic E-state index is -0.407. The number of halogens is 3. The number of carbonyl (C=O) groups excluding carboxylic acids is 1. The minimum Gasteiger partial charge on any atom is -0.294 e. The summed E-state index contributed by atoms with van der Waals surface area (Å²) in [4.78, 5) is 12.2. The zero-order chi connectivity index (χ0) is 14.0. The van der Waals surface area contributed by atoms with Crippen molar-refractivity contribution < 1.29 is 9.18 Å². The Bertz CT molecular complexity index is 638. The molecular weight excluding hydrogens is 286 g/mol. The first-order valence-corrected chi connectivity index (χ1v) is 6.47. The summed E-state index contributed by atoms with van der Waals surface area (Å²) in [6.45, 7) is 1.78. The fourth-order valence-corrected chi connectivity index (χ4v) is 2.22.